The molecule has 3 rings (SSSR count). The molecule has 142 valence electrons. The number of hydrogen-bond donors (Lipinski definition) is 2. The fraction of sp³-hybridized carbons (Fsp3) is 0.316. The lowest BCUT2D eigenvalue weighted by Crippen LogP contribution is -2.30. The first-order chi connectivity index (χ1) is 13.1. The van der Waals surface area contributed by atoms with Crippen LogP contribution in [0.1, 0.15) is 36.6 Å². The van der Waals surface area contributed by atoms with Gasteiger partial charge in [0.2, 0.25) is 0 Å². The molecule has 1 aliphatic rings. The molecule has 2 aromatic rings. The van der Waals surface area contributed by atoms with Crippen LogP contribution in [0.2, 0.25) is 0 Å². The first-order valence-electron chi connectivity index (χ1n) is 8.63. The van der Waals surface area contributed by atoms with Crippen molar-refractivity contribution in [2.45, 2.75) is 31.3 Å². The molecule has 0 saturated heterocycles. The summed E-state index contributed by atoms with van der Waals surface area (Å²) in [4.78, 5) is 33.9. The number of fused-ring (bicyclic) bond motifs is 1. The van der Waals surface area contributed by atoms with Crippen LogP contribution in [0.25, 0.3) is 0 Å². The van der Waals surface area contributed by atoms with Crippen LogP contribution in [-0.2, 0) is 9.53 Å². The number of carbonyl (C=O) groups excluding carboxylic acids is 1. The summed E-state index contributed by atoms with van der Waals surface area (Å²) >= 11 is 2.99. The summed E-state index contributed by atoms with van der Waals surface area (Å²) in [5.74, 6) is 0.380. The molecule has 0 amide bonds. The summed E-state index contributed by atoms with van der Waals surface area (Å²) in [7, 11) is 0. The van der Waals surface area contributed by atoms with Gasteiger partial charge in [0.05, 0.1) is 17.1 Å². The van der Waals surface area contributed by atoms with Gasteiger partial charge in [-0.15, -0.1) is 11.3 Å². The molecular formula is C19H21N3O3S2. The molecule has 0 saturated carbocycles. The lowest BCUT2D eigenvalue weighted by Gasteiger charge is -2.27. The predicted molar refractivity (Wildman–Crippen MR) is 110 cm³/mol. The number of ether oxygens (including phenoxy) is 1. The minimum absolute atomic E-state index is 0.112. The zero-order valence-corrected chi connectivity index (χ0v) is 16.8. The van der Waals surface area contributed by atoms with Gasteiger partial charge >= 0.3 is 5.97 Å². The number of thioether (sulfide) groups is 1. The molecule has 0 bridgehead atoms. The standard InChI is InChI=1S/C19H21N3O3S2/c1-4-8-25-18(24)13-11(3)20-16-15(14(13)12-7-6-10-26-12)17(23)22-19(21-16)27-9-5-2/h4,6-7,10,14H,1,5,8-9H2,2-3H3,(H2,20,21,22,23). The Morgan fingerprint density at radius 1 is 1.52 bits per heavy atom. The maximum absolute atomic E-state index is 12.9. The van der Waals surface area contributed by atoms with Crippen molar-refractivity contribution in [3.63, 3.8) is 0 Å². The molecule has 0 aliphatic carbocycles. The molecule has 1 atom stereocenters. The molecule has 2 N–H and O–H groups in total. The van der Waals surface area contributed by atoms with Crippen LogP contribution < -0.4 is 10.9 Å². The summed E-state index contributed by atoms with van der Waals surface area (Å²) < 4.78 is 5.27. The molecule has 0 aromatic carbocycles. The van der Waals surface area contributed by atoms with E-state index in [0.29, 0.717) is 27.8 Å². The van der Waals surface area contributed by atoms with E-state index in [9.17, 15) is 9.59 Å². The zero-order chi connectivity index (χ0) is 19.4. The number of aromatic amines is 1. The van der Waals surface area contributed by atoms with Crippen LogP contribution in [0.5, 0.6) is 0 Å². The van der Waals surface area contributed by atoms with Gasteiger partial charge in [-0.2, -0.15) is 0 Å². The molecule has 27 heavy (non-hydrogen) atoms. The Hall–Kier alpha value is -2.32. The molecule has 1 unspecified atom stereocenters. The molecule has 0 radical (unpaired) electrons. The van der Waals surface area contributed by atoms with Crippen molar-refractivity contribution in [3.05, 3.63) is 62.2 Å². The Balaban J connectivity index is 2.11. The molecule has 3 heterocycles. The summed E-state index contributed by atoms with van der Waals surface area (Å²) in [6.45, 7) is 7.56. The number of esters is 1. The molecular weight excluding hydrogens is 382 g/mol. The van der Waals surface area contributed by atoms with Crippen LogP contribution >= 0.6 is 23.1 Å². The van der Waals surface area contributed by atoms with Crippen LogP contribution in [0, 0.1) is 0 Å². The van der Waals surface area contributed by atoms with Gasteiger partial charge in [-0.1, -0.05) is 37.4 Å². The molecule has 0 fully saturated rings. The number of thiophene rings is 1. The van der Waals surface area contributed by atoms with Gasteiger partial charge in [0.15, 0.2) is 5.16 Å². The second-order valence-electron chi connectivity index (χ2n) is 5.98. The van der Waals surface area contributed by atoms with Crippen LogP contribution in [-0.4, -0.2) is 28.3 Å². The Morgan fingerprint density at radius 3 is 3.00 bits per heavy atom. The zero-order valence-electron chi connectivity index (χ0n) is 15.2. The van der Waals surface area contributed by atoms with Crippen molar-refractivity contribution in [1.82, 2.24) is 9.97 Å². The predicted octanol–water partition coefficient (Wildman–Crippen LogP) is 3.89. The maximum Gasteiger partial charge on any atom is 0.337 e. The summed E-state index contributed by atoms with van der Waals surface area (Å²) in [5, 5.41) is 5.63. The first kappa shape index (κ1) is 19.4. The third-order valence-corrected chi connectivity index (χ3v) is 6.06. The van der Waals surface area contributed by atoms with E-state index in [2.05, 4.69) is 28.8 Å². The van der Waals surface area contributed by atoms with E-state index in [1.165, 1.54) is 29.2 Å². The van der Waals surface area contributed by atoms with Crippen molar-refractivity contribution in [2.24, 2.45) is 0 Å². The Kier molecular flexibility index (Phi) is 6.18. The van der Waals surface area contributed by atoms with Gasteiger partial charge < -0.3 is 15.0 Å². The monoisotopic (exact) mass is 403 g/mol. The second kappa shape index (κ2) is 8.58. The largest absolute Gasteiger partial charge is 0.458 e. The molecule has 8 heteroatoms. The second-order valence-corrected chi connectivity index (χ2v) is 8.04. The van der Waals surface area contributed by atoms with Gasteiger partial charge in [-0.3, -0.25) is 4.79 Å². The van der Waals surface area contributed by atoms with Crippen molar-refractivity contribution in [2.75, 3.05) is 17.7 Å². The van der Waals surface area contributed by atoms with Crippen LogP contribution in [0.3, 0.4) is 0 Å². The minimum Gasteiger partial charge on any atom is -0.458 e. The highest BCUT2D eigenvalue weighted by Crippen LogP contribution is 2.41. The number of anilines is 1. The summed E-state index contributed by atoms with van der Waals surface area (Å²) in [6, 6.07) is 3.81. The number of aromatic nitrogens is 2. The van der Waals surface area contributed by atoms with Crippen molar-refractivity contribution >= 4 is 34.9 Å². The Bertz CT molecular complexity index is 932. The van der Waals surface area contributed by atoms with E-state index in [4.69, 9.17) is 4.74 Å². The minimum atomic E-state index is -0.514. The van der Waals surface area contributed by atoms with Gasteiger partial charge in [0.1, 0.15) is 12.4 Å². The van der Waals surface area contributed by atoms with E-state index in [-0.39, 0.29) is 12.2 Å². The number of carbonyl (C=O) groups is 1. The SMILES string of the molecule is C=CCOC(=O)C1=C(C)Nc2nc(SCCC)[nH]c(=O)c2C1c1cccs1. The number of rotatable bonds is 7. The molecule has 0 spiro atoms. The summed E-state index contributed by atoms with van der Waals surface area (Å²) in [6.07, 6.45) is 2.50. The van der Waals surface area contributed by atoms with E-state index >= 15 is 0 Å². The van der Waals surface area contributed by atoms with E-state index in [1.54, 1.807) is 6.92 Å². The van der Waals surface area contributed by atoms with Gasteiger partial charge in [-0.05, 0) is 24.8 Å². The highest BCUT2D eigenvalue weighted by molar-refractivity contribution is 7.99. The fourth-order valence-corrected chi connectivity index (χ4v) is 4.48. The fourth-order valence-electron chi connectivity index (χ4n) is 2.92. The molecule has 6 nitrogen and oxygen atoms in total. The van der Waals surface area contributed by atoms with Crippen molar-refractivity contribution in [3.8, 4) is 0 Å². The normalized spacial score (nSPS) is 15.9. The van der Waals surface area contributed by atoms with E-state index < -0.39 is 11.9 Å². The third kappa shape index (κ3) is 4.01. The van der Waals surface area contributed by atoms with Crippen molar-refractivity contribution < 1.29 is 9.53 Å². The topological polar surface area (TPSA) is 84.1 Å². The Labute approximate surface area is 165 Å². The average molecular weight is 404 g/mol. The van der Waals surface area contributed by atoms with Crippen LogP contribution in [0.15, 0.2) is 51.4 Å². The maximum atomic E-state index is 12.9. The van der Waals surface area contributed by atoms with Gasteiger partial charge in [0.25, 0.3) is 5.56 Å². The number of allylic oxidation sites excluding steroid dienone is 1. The average Bonchev–Trinajstić information content (AvgIpc) is 3.17. The number of nitrogens with zero attached hydrogens (tertiary/aromatic N) is 1. The lowest BCUT2D eigenvalue weighted by atomic mass is 9.86. The van der Waals surface area contributed by atoms with Gasteiger partial charge in [-0.25, -0.2) is 9.78 Å². The highest BCUT2D eigenvalue weighted by Gasteiger charge is 2.36. The number of hydrogen-bond acceptors (Lipinski definition) is 7. The number of H-pyrrole nitrogens is 1. The first-order valence-corrected chi connectivity index (χ1v) is 10.5. The molecule has 2 aromatic heterocycles. The third-order valence-electron chi connectivity index (χ3n) is 4.04. The lowest BCUT2D eigenvalue weighted by molar-refractivity contribution is -0.138. The quantitative estimate of drug-likeness (QED) is 0.316. The smallest absolute Gasteiger partial charge is 0.337 e. The van der Waals surface area contributed by atoms with Gasteiger partial charge in [0, 0.05) is 16.3 Å². The van der Waals surface area contributed by atoms with Crippen LogP contribution in [0.4, 0.5) is 5.82 Å². The highest BCUT2D eigenvalue weighted by atomic mass is 32.2. The number of nitrogens with one attached hydrogen (secondary N) is 2. The van der Waals surface area contributed by atoms with E-state index in [1.807, 2.05) is 17.5 Å². The van der Waals surface area contributed by atoms with E-state index in [0.717, 1.165) is 17.1 Å². The van der Waals surface area contributed by atoms with Crippen molar-refractivity contribution in [1.29, 1.82) is 0 Å². The Morgan fingerprint density at radius 2 is 2.33 bits per heavy atom. The molecule has 1 aliphatic heterocycles. The summed E-state index contributed by atoms with van der Waals surface area (Å²) in [5.41, 5.74) is 1.26.